The van der Waals surface area contributed by atoms with Crippen molar-refractivity contribution in [1.82, 2.24) is 15.1 Å². The van der Waals surface area contributed by atoms with Crippen molar-refractivity contribution in [1.29, 1.82) is 0 Å². The molecule has 1 unspecified atom stereocenters. The van der Waals surface area contributed by atoms with E-state index >= 15 is 0 Å². The third-order valence-electron chi connectivity index (χ3n) is 4.11. The molecule has 0 aromatic rings. The molecular formula is C14H30N4O. The number of amides is 1. The van der Waals surface area contributed by atoms with Crippen molar-refractivity contribution in [2.75, 3.05) is 46.3 Å². The van der Waals surface area contributed by atoms with Crippen LogP contribution in [0.15, 0.2) is 0 Å². The molecule has 1 heterocycles. The van der Waals surface area contributed by atoms with Gasteiger partial charge in [0, 0.05) is 39.3 Å². The molecule has 1 aliphatic rings. The van der Waals surface area contributed by atoms with Crippen molar-refractivity contribution < 1.29 is 4.79 Å². The van der Waals surface area contributed by atoms with E-state index in [-0.39, 0.29) is 5.91 Å². The zero-order valence-electron chi connectivity index (χ0n) is 12.9. The van der Waals surface area contributed by atoms with Gasteiger partial charge in [-0.2, -0.15) is 0 Å². The van der Waals surface area contributed by atoms with Gasteiger partial charge in [-0.25, -0.2) is 0 Å². The van der Waals surface area contributed by atoms with Crippen LogP contribution in [0.2, 0.25) is 0 Å². The highest BCUT2D eigenvalue weighted by molar-refractivity contribution is 5.84. The Morgan fingerprint density at radius 3 is 2.21 bits per heavy atom. The van der Waals surface area contributed by atoms with Crippen LogP contribution < -0.4 is 11.1 Å². The number of hydrogen-bond acceptors (Lipinski definition) is 4. The lowest BCUT2D eigenvalue weighted by molar-refractivity contribution is -0.124. The highest BCUT2D eigenvalue weighted by atomic mass is 16.1. The summed E-state index contributed by atoms with van der Waals surface area (Å²) in [4.78, 5) is 16.4. The topological polar surface area (TPSA) is 61.6 Å². The summed E-state index contributed by atoms with van der Waals surface area (Å²) in [5, 5.41) is 3.04. The average molecular weight is 270 g/mol. The molecule has 1 saturated heterocycles. The summed E-state index contributed by atoms with van der Waals surface area (Å²) >= 11 is 0. The fraction of sp³-hybridized carbons (Fsp3) is 0.929. The normalized spacial score (nSPS) is 21.5. The lowest BCUT2D eigenvalue weighted by atomic mass is 9.97. The van der Waals surface area contributed by atoms with E-state index < -0.39 is 5.54 Å². The van der Waals surface area contributed by atoms with Gasteiger partial charge in [0.15, 0.2) is 0 Å². The maximum atomic E-state index is 11.4. The number of carbonyl (C=O) groups is 1. The average Bonchev–Trinajstić information content (AvgIpc) is 2.36. The minimum absolute atomic E-state index is 0.270. The van der Waals surface area contributed by atoms with Crippen molar-refractivity contribution in [3.8, 4) is 0 Å². The molecule has 0 aliphatic carbocycles. The molecule has 0 bridgehead atoms. The Hall–Kier alpha value is -0.650. The van der Waals surface area contributed by atoms with E-state index in [9.17, 15) is 4.79 Å². The van der Waals surface area contributed by atoms with Gasteiger partial charge in [0.05, 0.1) is 5.54 Å². The summed E-state index contributed by atoms with van der Waals surface area (Å²) in [7, 11) is 1.80. The largest absolute Gasteiger partial charge is 0.368 e. The first-order chi connectivity index (χ1) is 8.87. The number of primary amides is 1. The van der Waals surface area contributed by atoms with E-state index in [1.54, 1.807) is 7.05 Å². The van der Waals surface area contributed by atoms with Crippen LogP contribution in [-0.2, 0) is 4.79 Å². The molecule has 5 nitrogen and oxygen atoms in total. The number of nitrogens with one attached hydrogen (secondary N) is 1. The molecule has 0 radical (unpaired) electrons. The summed E-state index contributed by atoms with van der Waals surface area (Å²) in [6.45, 7) is 12.9. The van der Waals surface area contributed by atoms with Crippen molar-refractivity contribution in [3.05, 3.63) is 0 Å². The lowest BCUT2D eigenvalue weighted by Gasteiger charge is -2.37. The number of carbonyl (C=O) groups excluding carboxylic acids is 1. The molecule has 112 valence electrons. The van der Waals surface area contributed by atoms with Gasteiger partial charge in [0.25, 0.3) is 0 Å². The van der Waals surface area contributed by atoms with Gasteiger partial charge in [-0.05, 0) is 26.3 Å². The van der Waals surface area contributed by atoms with Crippen LogP contribution in [0.25, 0.3) is 0 Å². The molecule has 1 fully saturated rings. The smallest absolute Gasteiger partial charge is 0.237 e. The van der Waals surface area contributed by atoms with Gasteiger partial charge in [0.1, 0.15) is 0 Å². The Balaban J connectivity index is 2.31. The summed E-state index contributed by atoms with van der Waals surface area (Å²) in [6.07, 6.45) is 0.767. The molecule has 3 N–H and O–H groups in total. The predicted molar refractivity (Wildman–Crippen MR) is 79.0 cm³/mol. The van der Waals surface area contributed by atoms with E-state index in [1.165, 1.54) is 6.54 Å². The molecule has 0 saturated carbocycles. The van der Waals surface area contributed by atoms with Gasteiger partial charge in [-0.1, -0.05) is 13.8 Å². The van der Waals surface area contributed by atoms with Crippen LogP contribution >= 0.6 is 0 Å². The molecular weight excluding hydrogens is 240 g/mol. The zero-order chi connectivity index (χ0) is 14.5. The number of likely N-dealkylation sites (N-methyl/N-ethyl adjacent to an activating group) is 1. The Bertz CT molecular complexity index is 287. The van der Waals surface area contributed by atoms with Gasteiger partial charge in [-0.3, -0.25) is 4.79 Å². The van der Waals surface area contributed by atoms with Crippen LogP contribution in [-0.4, -0.2) is 67.6 Å². The minimum atomic E-state index is -0.588. The number of rotatable bonds is 7. The Kier molecular flexibility index (Phi) is 6.23. The van der Waals surface area contributed by atoms with E-state index in [0.717, 1.165) is 45.1 Å². The highest BCUT2D eigenvalue weighted by Gasteiger charge is 2.29. The summed E-state index contributed by atoms with van der Waals surface area (Å²) in [6, 6.07) is 0. The standard InChI is InChI=1S/C14H30N4O/c1-12(2)11-18-9-7-17(8-10-18)6-5-14(3,16-4)13(15)19/h12,16H,5-11H2,1-4H3,(H2,15,19). The van der Waals surface area contributed by atoms with E-state index in [2.05, 4.69) is 29.0 Å². The third kappa shape index (κ3) is 5.09. The van der Waals surface area contributed by atoms with Crippen molar-refractivity contribution in [2.24, 2.45) is 11.7 Å². The van der Waals surface area contributed by atoms with Crippen LogP contribution in [0.1, 0.15) is 27.2 Å². The molecule has 0 spiro atoms. The van der Waals surface area contributed by atoms with Crippen molar-refractivity contribution >= 4 is 5.91 Å². The van der Waals surface area contributed by atoms with E-state index in [1.807, 2.05) is 6.92 Å². The second-order valence-electron chi connectivity index (χ2n) is 6.23. The van der Waals surface area contributed by atoms with E-state index in [0.29, 0.717) is 0 Å². The van der Waals surface area contributed by atoms with Crippen molar-refractivity contribution in [2.45, 2.75) is 32.7 Å². The molecule has 0 aromatic heterocycles. The molecule has 5 heteroatoms. The van der Waals surface area contributed by atoms with Gasteiger partial charge in [0.2, 0.25) is 5.91 Å². The fourth-order valence-corrected chi connectivity index (χ4v) is 2.46. The highest BCUT2D eigenvalue weighted by Crippen LogP contribution is 2.11. The fourth-order valence-electron chi connectivity index (χ4n) is 2.46. The second-order valence-corrected chi connectivity index (χ2v) is 6.23. The van der Waals surface area contributed by atoms with Crippen LogP contribution in [0, 0.1) is 5.92 Å². The number of hydrogen-bond donors (Lipinski definition) is 2. The van der Waals surface area contributed by atoms with Gasteiger partial charge < -0.3 is 20.9 Å². The number of piperazine rings is 1. The zero-order valence-corrected chi connectivity index (χ0v) is 12.9. The van der Waals surface area contributed by atoms with E-state index in [4.69, 9.17) is 5.73 Å². The SMILES string of the molecule is CNC(C)(CCN1CCN(CC(C)C)CC1)C(N)=O. The van der Waals surface area contributed by atoms with Gasteiger partial charge >= 0.3 is 0 Å². The quantitative estimate of drug-likeness (QED) is 0.689. The third-order valence-corrected chi connectivity index (χ3v) is 4.11. The molecule has 1 atom stereocenters. The predicted octanol–water partition coefficient (Wildman–Crippen LogP) is 0.114. The number of nitrogens with two attached hydrogens (primary N) is 1. The summed E-state index contributed by atoms with van der Waals surface area (Å²) in [5.74, 6) is 0.461. The number of nitrogens with zero attached hydrogens (tertiary/aromatic N) is 2. The lowest BCUT2D eigenvalue weighted by Crippen LogP contribution is -2.54. The Morgan fingerprint density at radius 1 is 1.26 bits per heavy atom. The van der Waals surface area contributed by atoms with Crippen molar-refractivity contribution in [3.63, 3.8) is 0 Å². The van der Waals surface area contributed by atoms with Crippen LogP contribution in [0.4, 0.5) is 0 Å². The molecule has 1 aliphatic heterocycles. The molecule has 19 heavy (non-hydrogen) atoms. The molecule has 0 aromatic carbocycles. The minimum Gasteiger partial charge on any atom is -0.368 e. The second kappa shape index (κ2) is 7.22. The molecule has 1 rings (SSSR count). The first kappa shape index (κ1) is 16.4. The first-order valence-electron chi connectivity index (χ1n) is 7.31. The summed E-state index contributed by atoms with van der Waals surface area (Å²) in [5.41, 5.74) is 4.86. The summed E-state index contributed by atoms with van der Waals surface area (Å²) < 4.78 is 0. The first-order valence-corrected chi connectivity index (χ1v) is 7.31. The Labute approximate surface area is 117 Å². The van der Waals surface area contributed by atoms with Crippen LogP contribution in [0.5, 0.6) is 0 Å². The monoisotopic (exact) mass is 270 g/mol. The Morgan fingerprint density at radius 2 is 1.79 bits per heavy atom. The van der Waals surface area contributed by atoms with Gasteiger partial charge in [-0.15, -0.1) is 0 Å². The van der Waals surface area contributed by atoms with Crippen LogP contribution in [0.3, 0.4) is 0 Å². The maximum absolute atomic E-state index is 11.4. The molecule has 1 amide bonds. The maximum Gasteiger partial charge on any atom is 0.237 e.